The molecule has 2 amide bonds. The predicted molar refractivity (Wildman–Crippen MR) is 141 cm³/mol. The van der Waals surface area contributed by atoms with Gasteiger partial charge < -0.3 is 21.1 Å². The molecule has 0 saturated heterocycles. The lowest BCUT2D eigenvalue weighted by Gasteiger charge is -2.22. The second-order valence-electron chi connectivity index (χ2n) is 8.61. The van der Waals surface area contributed by atoms with E-state index in [-0.39, 0.29) is 12.5 Å². The maximum atomic E-state index is 12.3. The van der Waals surface area contributed by atoms with Crippen LogP contribution in [0.1, 0.15) is 23.6 Å². The molecule has 0 fully saturated rings. The SMILES string of the molecule is C=C(N[C@H](C(=O)NO)[C@@H](C)O)c1ccc(-c2ccc(NC(=O)CNCc3ccc(C)cc3)cc2)cc1. The van der Waals surface area contributed by atoms with Crippen LogP contribution in [0.4, 0.5) is 5.69 Å². The molecule has 0 bridgehead atoms. The van der Waals surface area contributed by atoms with Crippen molar-refractivity contribution < 1.29 is 19.9 Å². The molecule has 8 heteroatoms. The molecule has 0 heterocycles. The number of hydroxylamine groups is 1. The van der Waals surface area contributed by atoms with E-state index in [4.69, 9.17) is 5.21 Å². The normalized spacial score (nSPS) is 12.3. The average Bonchev–Trinajstić information content (AvgIpc) is 2.88. The second-order valence-corrected chi connectivity index (χ2v) is 8.61. The van der Waals surface area contributed by atoms with E-state index >= 15 is 0 Å². The van der Waals surface area contributed by atoms with Crippen molar-refractivity contribution >= 4 is 23.2 Å². The number of carbonyl (C=O) groups excluding carboxylic acids is 2. The molecule has 0 aliphatic heterocycles. The van der Waals surface area contributed by atoms with Gasteiger partial charge >= 0.3 is 0 Å². The molecular formula is C28H32N4O4. The van der Waals surface area contributed by atoms with Gasteiger partial charge in [0.1, 0.15) is 6.04 Å². The van der Waals surface area contributed by atoms with E-state index in [1.807, 2.05) is 79.7 Å². The first kappa shape index (κ1) is 26.6. The molecule has 0 aliphatic carbocycles. The highest BCUT2D eigenvalue weighted by Crippen LogP contribution is 2.23. The van der Waals surface area contributed by atoms with Gasteiger partial charge in [-0.25, -0.2) is 5.48 Å². The van der Waals surface area contributed by atoms with Crippen molar-refractivity contribution in [3.63, 3.8) is 0 Å². The maximum Gasteiger partial charge on any atom is 0.268 e. The number of hydrogen-bond acceptors (Lipinski definition) is 6. The van der Waals surface area contributed by atoms with E-state index in [0.717, 1.165) is 22.3 Å². The van der Waals surface area contributed by atoms with Crippen LogP contribution in [0, 0.1) is 6.92 Å². The van der Waals surface area contributed by atoms with Crippen LogP contribution in [-0.4, -0.2) is 40.8 Å². The predicted octanol–water partition coefficient (Wildman–Crippen LogP) is 3.21. The second kappa shape index (κ2) is 12.6. The topological polar surface area (TPSA) is 123 Å². The number of amides is 2. The zero-order valence-corrected chi connectivity index (χ0v) is 20.4. The summed E-state index contributed by atoms with van der Waals surface area (Å²) < 4.78 is 0. The van der Waals surface area contributed by atoms with E-state index in [1.165, 1.54) is 18.0 Å². The summed E-state index contributed by atoms with van der Waals surface area (Å²) in [4.78, 5) is 24.0. The number of aliphatic hydroxyl groups is 1. The Balaban J connectivity index is 1.52. The van der Waals surface area contributed by atoms with E-state index in [0.29, 0.717) is 17.9 Å². The third-order valence-corrected chi connectivity index (χ3v) is 5.68. The van der Waals surface area contributed by atoms with Gasteiger partial charge in [-0.1, -0.05) is 72.8 Å². The Hall–Kier alpha value is -3.98. The van der Waals surface area contributed by atoms with Crippen LogP contribution in [0.5, 0.6) is 0 Å². The molecule has 2 atom stereocenters. The molecule has 0 aromatic heterocycles. The molecule has 0 spiro atoms. The lowest BCUT2D eigenvalue weighted by molar-refractivity contribution is -0.133. The average molecular weight is 489 g/mol. The van der Waals surface area contributed by atoms with Gasteiger partial charge in [-0.3, -0.25) is 14.8 Å². The van der Waals surface area contributed by atoms with Gasteiger partial charge in [-0.15, -0.1) is 0 Å². The van der Waals surface area contributed by atoms with Crippen molar-refractivity contribution in [2.24, 2.45) is 0 Å². The summed E-state index contributed by atoms with van der Waals surface area (Å²) >= 11 is 0. The van der Waals surface area contributed by atoms with Crippen LogP contribution < -0.4 is 21.4 Å². The number of anilines is 1. The van der Waals surface area contributed by atoms with Crippen molar-refractivity contribution in [1.29, 1.82) is 0 Å². The van der Waals surface area contributed by atoms with E-state index < -0.39 is 18.1 Å². The Kier molecular flexibility index (Phi) is 9.35. The molecule has 8 nitrogen and oxygen atoms in total. The number of nitrogens with one attached hydrogen (secondary N) is 4. The fourth-order valence-electron chi connectivity index (χ4n) is 3.59. The first-order chi connectivity index (χ1) is 17.3. The molecule has 0 aliphatic rings. The van der Waals surface area contributed by atoms with Gasteiger partial charge in [0.15, 0.2) is 0 Å². The summed E-state index contributed by atoms with van der Waals surface area (Å²) in [5, 5.41) is 27.5. The molecule has 36 heavy (non-hydrogen) atoms. The number of carbonyl (C=O) groups is 2. The first-order valence-electron chi connectivity index (χ1n) is 11.6. The number of aliphatic hydroxyl groups excluding tert-OH is 1. The fraction of sp³-hybridized carbons (Fsp3) is 0.214. The Morgan fingerprint density at radius 3 is 2.06 bits per heavy atom. The number of rotatable bonds is 11. The van der Waals surface area contributed by atoms with Gasteiger partial charge in [-0.05, 0) is 48.2 Å². The Bertz CT molecular complexity index is 1170. The minimum Gasteiger partial charge on any atom is -0.391 e. The van der Waals surface area contributed by atoms with E-state index in [2.05, 4.69) is 22.5 Å². The Morgan fingerprint density at radius 2 is 1.50 bits per heavy atom. The number of benzene rings is 3. The lowest BCUT2D eigenvalue weighted by Crippen LogP contribution is -2.48. The van der Waals surface area contributed by atoms with Crippen LogP contribution in [0.15, 0.2) is 79.4 Å². The smallest absolute Gasteiger partial charge is 0.268 e. The largest absolute Gasteiger partial charge is 0.391 e. The highest BCUT2D eigenvalue weighted by atomic mass is 16.5. The van der Waals surface area contributed by atoms with Gasteiger partial charge in [0.25, 0.3) is 5.91 Å². The maximum absolute atomic E-state index is 12.3. The third kappa shape index (κ3) is 7.51. The van der Waals surface area contributed by atoms with Crippen LogP contribution in [0.25, 0.3) is 16.8 Å². The molecule has 0 radical (unpaired) electrons. The molecule has 0 saturated carbocycles. The van der Waals surface area contributed by atoms with E-state index in [9.17, 15) is 14.7 Å². The molecule has 0 unspecified atom stereocenters. The summed E-state index contributed by atoms with van der Waals surface area (Å²) in [7, 11) is 0. The molecule has 188 valence electrons. The molecule has 3 rings (SSSR count). The quantitative estimate of drug-likeness (QED) is 0.182. The standard InChI is InChI=1S/C28H32N4O4/c1-18-4-6-21(7-5-18)16-29-17-26(34)31-25-14-12-24(13-15-25)23-10-8-22(9-11-23)19(2)30-27(20(3)33)28(35)32-36/h4-15,20,27,29-30,33,36H,2,16-17H2,1,3H3,(H,31,34)(H,32,35)/t20-,27+/m1/s1. The highest BCUT2D eigenvalue weighted by molar-refractivity contribution is 5.92. The van der Waals surface area contributed by atoms with Crippen molar-refractivity contribution in [3.8, 4) is 11.1 Å². The van der Waals surface area contributed by atoms with Crippen LogP contribution in [0.2, 0.25) is 0 Å². The van der Waals surface area contributed by atoms with Crippen molar-refractivity contribution in [2.75, 3.05) is 11.9 Å². The molecular weight excluding hydrogens is 456 g/mol. The Labute approximate surface area is 211 Å². The minimum atomic E-state index is -1.04. The fourth-order valence-corrected chi connectivity index (χ4v) is 3.59. The van der Waals surface area contributed by atoms with Crippen LogP contribution in [-0.2, 0) is 16.1 Å². The monoisotopic (exact) mass is 488 g/mol. The summed E-state index contributed by atoms with van der Waals surface area (Å²) in [5.41, 5.74) is 7.68. The van der Waals surface area contributed by atoms with Crippen LogP contribution >= 0.6 is 0 Å². The zero-order chi connectivity index (χ0) is 26.1. The number of hydrogen-bond donors (Lipinski definition) is 6. The van der Waals surface area contributed by atoms with Crippen LogP contribution in [0.3, 0.4) is 0 Å². The highest BCUT2D eigenvalue weighted by Gasteiger charge is 2.23. The van der Waals surface area contributed by atoms with Gasteiger partial charge in [-0.2, -0.15) is 0 Å². The zero-order valence-electron chi connectivity index (χ0n) is 20.4. The molecule has 3 aromatic carbocycles. The summed E-state index contributed by atoms with van der Waals surface area (Å²) in [6.45, 7) is 8.24. The molecule has 3 aromatic rings. The van der Waals surface area contributed by atoms with Gasteiger partial charge in [0, 0.05) is 17.9 Å². The summed E-state index contributed by atoms with van der Waals surface area (Å²) in [5.74, 6) is -0.868. The lowest BCUT2D eigenvalue weighted by atomic mass is 10.0. The van der Waals surface area contributed by atoms with Crippen molar-refractivity contribution in [1.82, 2.24) is 16.1 Å². The summed E-state index contributed by atoms with van der Waals surface area (Å²) in [6, 6.07) is 22.2. The Morgan fingerprint density at radius 1 is 0.917 bits per heavy atom. The third-order valence-electron chi connectivity index (χ3n) is 5.68. The van der Waals surface area contributed by atoms with E-state index in [1.54, 1.807) is 0 Å². The van der Waals surface area contributed by atoms with Crippen molar-refractivity contribution in [2.45, 2.75) is 32.5 Å². The van der Waals surface area contributed by atoms with Crippen molar-refractivity contribution in [3.05, 3.63) is 96.1 Å². The molecule has 6 N–H and O–H groups in total. The first-order valence-corrected chi connectivity index (χ1v) is 11.6. The summed E-state index contributed by atoms with van der Waals surface area (Å²) in [6.07, 6.45) is -1.03. The van der Waals surface area contributed by atoms with Gasteiger partial charge in [0.2, 0.25) is 5.91 Å². The number of aryl methyl sites for hydroxylation is 1. The minimum absolute atomic E-state index is 0.115. The van der Waals surface area contributed by atoms with Gasteiger partial charge in [0.05, 0.1) is 12.6 Å².